The molecule has 2 heteroatoms. The molecule has 0 spiro atoms. The molecule has 2 nitrogen and oxygen atoms in total. The molecule has 0 unspecified atom stereocenters. The van der Waals surface area contributed by atoms with Crippen LogP contribution in [-0.2, 0) is 11.2 Å². The number of hydrogen-bond acceptors (Lipinski definition) is 2. The number of carbonyl (C=O) groups excluding carboxylic acids is 1. The van der Waals surface area contributed by atoms with E-state index in [2.05, 4.69) is 12.1 Å². The number of rotatable bonds is 6. The average Bonchev–Trinajstić information content (AvgIpc) is 3.14. The molecule has 0 bridgehead atoms. The van der Waals surface area contributed by atoms with E-state index in [1.165, 1.54) is 5.56 Å². The lowest BCUT2D eigenvalue weighted by molar-refractivity contribution is -0.120. The largest absolute Gasteiger partial charge is 0.497 e. The number of Topliss-reactive ketones (excluding diaryl/α,β-unsaturated/α-hetero) is 1. The van der Waals surface area contributed by atoms with E-state index in [1.54, 1.807) is 7.11 Å². The number of benzene rings is 1. The minimum absolute atomic E-state index is 0.413. The summed E-state index contributed by atoms with van der Waals surface area (Å²) in [7, 11) is 1.67. The SMILES string of the molecule is COc1ccc(CCCC(=O)C2CC2)cc1. The van der Waals surface area contributed by atoms with Crippen LogP contribution in [0.25, 0.3) is 0 Å². The first-order valence-corrected chi connectivity index (χ1v) is 5.95. The fraction of sp³-hybridized carbons (Fsp3) is 0.500. The monoisotopic (exact) mass is 218 g/mol. The van der Waals surface area contributed by atoms with E-state index in [9.17, 15) is 4.79 Å². The summed E-state index contributed by atoms with van der Waals surface area (Å²) in [6, 6.07) is 8.08. The molecule has 0 heterocycles. The first-order valence-electron chi connectivity index (χ1n) is 5.95. The summed E-state index contributed by atoms with van der Waals surface area (Å²) in [5.74, 6) is 1.77. The Morgan fingerprint density at radius 1 is 1.31 bits per heavy atom. The highest BCUT2D eigenvalue weighted by Gasteiger charge is 2.28. The van der Waals surface area contributed by atoms with Gasteiger partial charge in [0.25, 0.3) is 0 Å². The van der Waals surface area contributed by atoms with Crippen LogP contribution < -0.4 is 4.74 Å². The van der Waals surface area contributed by atoms with Gasteiger partial charge in [-0.3, -0.25) is 4.79 Å². The number of hydrogen-bond donors (Lipinski definition) is 0. The molecule has 0 radical (unpaired) electrons. The lowest BCUT2D eigenvalue weighted by atomic mass is 10.0. The van der Waals surface area contributed by atoms with Crippen molar-refractivity contribution in [2.45, 2.75) is 32.1 Å². The zero-order valence-corrected chi connectivity index (χ0v) is 9.74. The number of methoxy groups -OCH3 is 1. The minimum Gasteiger partial charge on any atom is -0.497 e. The predicted molar refractivity (Wildman–Crippen MR) is 63.7 cm³/mol. The summed E-state index contributed by atoms with van der Waals surface area (Å²) >= 11 is 0. The highest BCUT2D eigenvalue weighted by atomic mass is 16.5. The predicted octanol–water partition coefficient (Wildman–Crippen LogP) is 3.00. The van der Waals surface area contributed by atoms with Crippen molar-refractivity contribution in [3.05, 3.63) is 29.8 Å². The van der Waals surface area contributed by atoms with Crippen molar-refractivity contribution in [1.29, 1.82) is 0 Å². The summed E-state index contributed by atoms with van der Waals surface area (Å²) in [5, 5.41) is 0. The van der Waals surface area contributed by atoms with Gasteiger partial charge in [0.2, 0.25) is 0 Å². The van der Waals surface area contributed by atoms with Crippen LogP contribution in [0.5, 0.6) is 5.75 Å². The fourth-order valence-electron chi connectivity index (χ4n) is 1.87. The van der Waals surface area contributed by atoms with E-state index in [4.69, 9.17) is 4.74 Å². The minimum atomic E-state index is 0.413. The molecule has 0 aromatic heterocycles. The highest BCUT2D eigenvalue weighted by Crippen LogP contribution is 2.31. The molecule has 1 aromatic carbocycles. The maximum Gasteiger partial charge on any atom is 0.135 e. The number of ketones is 1. The van der Waals surface area contributed by atoms with E-state index in [0.29, 0.717) is 11.7 Å². The molecular weight excluding hydrogens is 200 g/mol. The molecule has 0 N–H and O–H groups in total. The van der Waals surface area contributed by atoms with E-state index in [0.717, 1.165) is 37.9 Å². The maximum absolute atomic E-state index is 11.5. The fourth-order valence-corrected chi connectivity index (χ4v) is 1.87. The lowest BCUT2D eigenvalue weighted by Gasteiger charge is -2.03. The normalized spacial score (nSPS) is 14.8. The third kappa shape index (κ3) is 3.09. The smallest absolute Gasteiger partial charge is 0.135 e. The van der Waals surface area contributed by atoms with Crippen molar-refractivity contribution in [3.8, 4) is 5.75 Å². The van der Waals surface area contributed by atoms with Gasteiger partial charge >= 0.3 is 0 Å². The van der Waals surface area contributed by atoms with Crippen LogP contribution in [0, 0.1) is 5.92 Å². The van der Waals surface area contributed by atoms with Crippen LogP contribution in [0.2, 0.25) is 0 Å². The zero-order chi connectivity index (χ0) is 11.4. The molecule has 2 rings (SSSR count). The Kier molecular flexibility index (Phi) is 3.60. The van der Waals surface area contributed by atoms with Gasteiger partial charge in [-0.15, -0.1) is 0 Å². The Hall–Kier alpha value is -1.31. The van der Waals surface area contributed by atoms with Gasteiger partial charge in [0.1, 0.15) is 11.5 Å². The third-order valence-corrected chi connectivity index (χ3v) is 3.08. The van der Waals surface area contributed by atoms with Crippen LogP contribution in [0.15, 0.2) is 24.3 Å². The molecule has 0 amide bonds. The number of ether oxygens (including phenoxy) is 1. The molecule has 1 aliphatic carbocycles. The Balaban J connectivity index is 1.73. The molecule has 1 fully saturated rings. The van der Waals surface area contributed by atoms with Crippen molar-refractivity contribution in [2.24, 2.45) is 5.92 Å². The van der Waals surface area contributed by atoms with Gasteiger partial charge in [-0.1, -0.05) is 12.1 Å². The van der Waals surface area contributed by atoms with Gasteiger partial charge in [0.15, 0.2) is 0 Å². The quantitative estimate of drug-likeness (QED) is 0.733. The molecular formula is C14H18O2. The number of carbonyl (C=O) groups is 1. The van der Waals surface area contributed by atoms with E-state index < -0.39 is 0 Å². The molecule has 16 heavy (non-hydrogen) atoms. The van der Waals surface area contributed by atoms with Crippen molar-refractivity contribution in [3.63, 3.8) is 0 Å². The Morgan fingerprint density at radius 3 is 2.56 bits per heavy atom. The van der Waals surface area contributed by atoms with Gasteiger partial charge < -0.3 is 4.74 Å². The maximum atomic E-state index is 11.5. The molecule has 1 saturated carbocycles. The second-order valence-corrected chi connectivity index (χ2v) is 4.44. The summed E-state index contributed by atoms with van der Waals surface area (Å²) in [6.45, 7) is 0. The molecule has 0 atom stereocenters. The van der Waals surface area contributed by atoms with Crippen molar-refractivity contribution in [2.75, 3.05) is 7.11 Å². The molecule has 0 aliphatic heterocycles. The van der Waals surface area contributed by atoms with Crippen molar-refractivity contribution >= 4 is 5.78 Å². The van der Waals surface area contributed by atoms with Gasteiger partial charge in [0, 0.05) is 12.3 Å². The summed E-state index contributed by atoms with van der Waals surface area (Å²) in [6.07, 6.45) is 4.96. The topological polar surface area (TPSA) is 26.3 Å². The van der Waals surface area contributed by atoms with Crippen molar-refractivity contribution < 1.29 is 9.53 Å². The lowest BCUT2D eigenvalue weighted by Crippen LogP contribution is -2.00. The second kappa shape index (κ2) is 5.15. The zero-order valence-electron chi connectivity index (χ0n) is 9.74. The van der Waals surface area contributed by atoms with Gasteiger partial charge in [-0.05, 0) is 43.4 Å². The van der Waals surface area contributed by atoms with Crippen LogP contribution in [0.1, 0.15) is 31.2 Å². The highest BCUT2D eigenvalue weighted by molar-refractivity contribution is 5.83. The van der Waals surface area contributed by atoms with E-state index in [-0.39, 0.29) is 0 Å². The first-order chi connectivity index (χ1) is 7.79. The van der Waals surface area contributed by atoms with Gasteiger partial charge in [0.05, 0.1) is 7.11 Å². The van der Waals surface area contributed by atoms with Gasteiger partial charge in [-0.2, -0.15) is 0 Å². The summed E-state index contributed by atoms with van der Waals surface area (Å²) in [4.78, 5) is 11.5. The van der Waals surface area contributed by atoms with Crippen LogP contribution in [0.4, 0.5) is 0 Å². The Morgan fingerprint density at radius 2 is 2.00 bits per heavy atom. The van der Waals surface area contributed by atoms with Crippen molar-refractivity contribution in [1.82, 2.24) is 0 Å². The summed E-state index contributed by atoms with van der Waals surface area (Å²) in [5.41, 5.74) is 1.28. The van der Waals surface area contributed by atoms with Crippen LogP contribution in [0.3, 0.4) is 0 Å². The molecule has 86 valence electrons. The first kappa shape index (κ1) is 11.2. The van der Waals surface area contributed by atoms with Crippen LogP contribution >= 0.6 is 0 Å². The number of aryl methyl sites for hydroxylation is 1. The van der Waals surface area contributed by atoms with E-state index in [1.807, 2.05) is 12.1 Å². The summed E-state index contributed by atoms with van der Waals surface area (Å²) < 4.78 is 5.10. The van der Waals surface area contributed by atoms with E-state index >= 15 is 0 Å². The standard InChI is InChI=1S/C14H18O2/c1-16-13-9-5-11(6-10-13)3-2-4-14(15)12-7-8-12/h5-6,9-10,12H,2-4,7-8H2,1H3. The van der Waals surface area contributed by atoms with Gasteiger partial charge in [-0.25, -0.2) is 0 Å². The Labute approximate surface area is 96.6 Å². The Bertz CT molecular complexity index is 350. The molecule has 1 aromatic rings. The van der Waals surface area contributed by atoms with Crippen LogP contribution in [-0.4, -0.2) is 12.9 Å². The average molecular weight is 218 g/mol. The third-order valence-electron chi connectivity index (χ3n) is 3.08. The molecule has 1 aliphatic rings. The second-order valence-electron chi connectivity index (χ2n) is 4.44. The molecule has 0 saturated heterocycles.